The van der Waals surface area contributed by atoms with E-state index in [4.69, 9.17) is 4.74 Å². The molecule has 1 N–H and O–H groups in total. The Hall–Kier alpha value is -1.06. The van der Waals surface area contributed by atoms with E-state index in [1.165, 1.54) is 5.56 Å². The van der Waals surface area contributed by atoms with E-state index in [1.54, 1.807) is 7.11 Å². The van der Waals surface area contributed by atoms with Crippen molar-refractivity contribution >= 4 is 0 Å². The van der Waals surface area contributed by atoms with Gasteiger partial charge in [-0.1, -0.05) is 18.2 Å². The molecule has 3 nitrogen and oxygen atoms in total. The Morgan fingerprint density at radius 3 is 2.47 bits per heavy atom. The lowest BCUT2D eigenvalue weighted by molar-refractivity contribution is 0.245. The molecule has 0 aliphatic heterocycles. The quantitative estimate of drug-likeness (QED) is 0.854. The SMILES string of the molecule is COc1ccccc1[C@H](C)N(C)CCNC(C)(C)C. The Morgan fingerprint density at radius 1 is 1.26 bits per heavy atom. The van der Waals surface area contributed by atoms with Gasteiger partial charge in [0.15, 0.2) is 0 Å². The third kappa shape index (κ3) is 5.21. The molecule has 1 aromatic carbocycles. The van der Waals surface area contributed by atoms with Crippen LogP contribution in [0.2, 0.25) is 0 Å². The van der Waals surface area contributed by atoms with Crippen molar-refractivity contribution in [3.8, 4) is 5.75 Å². The number of rotatable bonds is 6. The lowest BCUT2D eigenvalue weighted by Crippen LogP contribution is -2.41. The highest BCUT2D eigenvalue weighted by Crippen LogP contribution is 2.27. The monoisotopic (exact) mass is 264 g/mol. The highest BCUT2D eigenvalue weighted by atomic mass is 16.5. The van der Waals surface area contributed by atoms with Gasteiger partial charge in [0, 0.05) is 30.2 Å². The van der Waals surface area contributed by atoms with Crippen LogP contribution in [0.1, 0.15) is 39.3 Å². The van der Waals surface area contributed by atoms with Crippen LogP contribution in [0.5, 0.6) is 5.75 Å². The summed E-state index contributed by atoms with van der Waals surface area (Å²) in [5.41, 5.74) is 1.41. The highest BCUT2D eigenvalue weighted by Gasteiger charge is 2.16. The highest BCUT2D eigenvalue weighted by molar-refractivity contribution is 5.35. The Morgan fingerprint density at radius 2 is 1.89 bits per heavy atom. The van der Waals surface area contributed by atoms with Gasteiger partial charge in [0.25, 0.3) is 0 Å². The van der Waals surface area contributed by atoms with Crippen molar-refractivity contribution in [1.29, 1.82) is 0 Å². The van der Waals surface area contributed by atoms with Gasteiger partial charge in [-0.05, 0) is 40.8 Å². The number of likely N-dealkylation sites (N-methyl/N-ethyl adjacent to an activating group) is 1. The summed E-state index contributed by atoms with van der Waals surface area (Å²) >= 11 is 0. The predicted octanol–water partition coefficient (Wildman–Crippen LogP) is 3.08. The summed E-state index contributed by atoms with van der Waals surface area (Å²) < 4.78 is 5.43. The number of para-hydroxylation sites is 1. The smallest absolute Gasteiger partial charge is 0.123 e. The van der Waals surface area contributed by atoms with Crippen LogP contribution in [0.25, 0.3) is 0 Å². The molecule has 0 aliphatic carbocycles. The van der Waals surface area contributed by atoms with E-state index in [1.807, 2.05) is 12.1 Å². The van der Waals surface area contributed by atoms with Crippen LogP contribution in [0.15, 0.2) is 24.3 Å². The summed E-state index contributed by atoms with van der Waals surface area (Å²) in [6, 6.07) is 8.58. The number of benzene rings is 1. The molecule has 3 heteroatoms. The Bertz CT molecular complexity index is 385. The molecule has 1 atom stereocenters. The number of ether oxygens (including phenoxy) is 1. The first kappa shape index (κ1) is 16.0. The van der Waals surface area contributed by atoms with Crippen LogP contribution < -0.4 is 10.1 Å². The van der Waals surface area contributed by atoms with Crippen LogP contribution in [0, 0.1) is 0 Å². The average molecular weight is 264 g/mol. The van der Waals surface area contributed by atoms with E-state index in [0.717, 1.165) is 18.8 Å². The minimum absolute atomic E-state index is 0.175. The molecule has 0 saturated carbocycles. The molecule has 0 spiro atoms. The van der Waals surface area contributed by atoms with E-state index < -0.39 is 0 Å². The van der Waals surface area contributed by atoms with E-state index in [2.05, 4.69) is 57.1 Å². The second kappa shape index (κ2) is 6.92. The second-order valence-electron chi connectivity index (χ2n) is 6.08. The summed E-state index contributed by atoms with van der Waals surface area (Å²) in [4.78, 5) is 2.34. The number of nitrogens with one attached hydrogen (secondary N) is 1. The molecule has 0 amide bonds. The van der Waals surface area contributed by atoms with Crippen molar-refractivity contribution in [1.82, 2.24) is 10.2 Å². The fourth-order valence-corrected chi connectivity index (χ4v) is 2.05. The van der Waals surface area contributed by atoms with Crippen molar-refractivity contribution in [2.24, 2.45) is 0 Å². The van der Waals surface area contributed by atoms with Crippen LogP contribution >= 0.6 is 0 Å². The maximum atomic E-state index is 5.43. The molecule has 0 saturated heterocycles. The van der Waals surface area contributed by atoms with Gasteiger partial charge in [0.2, 0.25) is 0 Å². The summed E-state index contributed by atoms with van der Waals surface area (Å²) in [6.45, 7) is 10.8. The minimum atomic E-state index is 0.175. The average Bonchev–Trinajstić information content (AvgIpc) is 2.36. The molecular weight excluding hydrogens is 236 g/mol. The zero-order valence-corrected chi connectivity index (χ0v) is 13.2. The van der Waals surface area contributed by atoms with Crippen molar-refractivity contribution in [2.75, 3.05) is 27.2 Å². The number of hydrogen-bond donors (Lipinski definition) is 1. The van der Waals surface area contributed by atoms with Crippen LogP contribution in [0.3, 0.4) is 0 Å². The largest absolute Gasteiger partial charge is 0.496 e. The molecule has 0 unspecified atom stereocenters. The summed E-state index contributed by atoms with van der Waals surface area (Å²) in [6.07, 6.45) is 0. The first-order valence-corrected chi connectivity index (χ1v) is 6.93. The zero-order valence-electron chi connectivity index (χ0n) is 13.2. The molecule has 1 aromatic rings. The Kier molecular flexibility index (Phi) is 5.83. The fraction of sp³-hybridized carbons (Fsp3) is 0.625. The lowest BCUT2D eigenvalue weighted by Gasteiger charge is -2.28. The van der Waals surface area contributed by atoms with Gasteiger partial charge in [-0.3, -0.25) is 4.90 Å². The predicted molar refractivity (Wildman–Crippen MR) is 81.8 cm³/mol. The molecule has 0 bridgehead atoms. The maximum Gasteiger partial charge on any atom is 0.123 e. The standard InChI is InChI=1S/C16H28N2O/c1-13(14-9-7-8-10-15(14)19-6)18(5)12-11-17-16(2,3)4/h7-10,13,17H,11-12H2,1-6H3/t13-/m0/s1. The van der Waals surface area contributed by atoms with E-state index in [-0.39, 0.29) is 5.54 Å². The molecule has 0 aromatic heterocycles. The van der Waals surface area contributed by atoms with Crippen molar-refractivity contribution < 1.29 is 4.74 Å². The lowest BCUT2D eigenvalue weighted by atomic mass is 10.1. The van der Waals surface area contributed by atoms with Gasteiger partial charge in [0.1, 0.15) is 5.75 Å². The summed E-state index contributed by atoms with van der Waals surface area (Å²) in [5, 5.41) is 3.51. The van der Waals surface area contributed by atoms with E-state index in [0.29, 0.717) is 6.04 Å². The van der Waals surface area contributed by atoms with Crippen molar-refractivity contribution in [3.63, 3.8) is 0 Å². The first-order valence-electron chi connectivity index (χ1n) is 6.93. The van der Waals surface area contributed by atoms with Crippen LogP contribution in [0.4, 0.5) is 0 Å². The number of methoxy groups -OCH3 is 1. The van der Waals surface area contributed by atoms with Crippen molar-refractivity contribution in [2.45, 2.75) is 39.3 Å². The van der Waals surface area contributed by atoms with Gasteiger partial charge in [0.05, 0.1) is 7.11 Å². The Balaban J connectivity index is 2.59. The van der Waals surface area contributed by atoms with Crippen molar-refractivity contribution in [3.05, 3.63) is 29.8 Å². The third-order valence-electron chi connectivity index (χ3n) is 3.37. The zero-order chi connectivity index (χ0) is 14.5. The first-order chi connectivity index (χ1) is 8.85. The van der Waals surface area contributed by atoms with Crippen LogP contribution in [-0.2, 0) is 0 Å². The Labute approximate surface area is 118 Å². The number of nitrogens with zero attached hydrogens (tertiary/aromatic N) is 1. The van der Waals surface area contributed by atoms with Gasteiger partial charge in [-0.2, -0.15) is 0 Å². The normalized spacial score (nSPS) is 13.6. The molecule has 0 heterocycles. The second-order valence-corrected chi connectivity index (χ2v) is 6.08. The summed E-state index contributed by atoms with van der Waals surface area (Å²) in [5.74, 6) is 0.964. The van der Waals surface area contributed by atoms with Crippen LogP contribution in [-0.4, -0.2) is 37.7 Å². The molecule has 0 aliphatic rings. The van der Waals surface area contributed by atoms with Gasteiger partial charge in [-0.25, -0.2) is 0 Å². The molecule has 0 fully saturated rings. The molecule has 1 rings (SSSR count). The fourth-order valence-electron chi connectivity index (χ4n) is 2.05. The molecule has 19 heavy (non-hydrogen) atoms. The third-order valence-corrected chi connectivity index (χ3v) is 3.37. The molecular formula is C16H28N2O. The molecule has 0 radical (unpaired) electrons. The van der Waals surface area contributed by atoms with E-state index in [9.17, 15) is 0 Å². The molecule has 108 valence electrons. The summed E-state index contributed by atoms with van der Waals surface area (Å²) in [7, 11) is 3.88. The number of hydrogen-bond acceptors (Lipinski definition) is 3. The van der Waals surface area contributed by atoms with Gasteiger partial charge in [-0.15, -0.1) is 0 Å². The van der Waals surface area contributed by atoms with Gasteiger partial charge < -0.3 is 10.1 Å². The van der Waals surface area contributed by atoms with E-state index >= 15 is 0 Å². The van der Waals surface area contributed by atoms with Gasteiger partial charge >= 0.3 is 0 Å². The maximum absolute atomic E-state index is 5.43. The topological polar surface area (TPSA) is 24.5 Å². The minimum Gasteiger partial charge on any atom is -0.496 e.